The molecule has 17 heavy (non-hydrogen) atoms. The zero-order valence-corrected chi connectivity index (χ0v) is 11.3. The highest BCUT2D eigenvalue weighted by molar-refractivity contribution is 5.14. The predicted molar refractivity (Wildman–Crippen MR) is 73.3 cm³/mol. The van der Waals surface area contributed by atoms with Gasteiger partial charge in [0, 0.05) is 19.8 Å². The molecule has 0 fully saturated rings. The second kappa shape index (κ2) is 8.26. The van der Waals surface area contributed by atoms with Crippen LogP contribution >= 0.6 is 0 Å². The summed E-state index contributed by atoms with van der Waals surface area (Å²) in [4.78, 5) is 0. The fourth-order valence-corrected chi connectivity index (χ4v) is 2.19. The Balaban J connectivity index is 2.36. The molecule has 1 aromatic rings. The highest BCUT2D eigenvalue weighted by Crippen LogP contribution is 2.14. The van der Waals surface area contributed by atoms with Gasteiger partial charge in [-0.2, -0.15) is 0 Å². The molecule has 0 heterocycles. The van der Waals surface area contributed by atoms with Crippen molar-refractivity contribution in [1.29, 1.82) is 0 Å². The third-order valence-corrected chi connectivity index (χ3v) is 3.42. The van der Waals surface area contributed by atoms with Crippen LogP contribution in [0, 0.1) is 5.92 Å². The Morgan fingerprint density at radius 1 is 1.18 bits per heavy atom. The van der Waals surface area contributed by atoms with Gasteiger partial charge < -0.3 is 10.1 Å². The van der Waals surface area contributed by atoms with Gasteiger partial charge in [-0.05, 0) is 37.8 Å². The molecule has 1 N–H and O–H groups in total. The van der Waals surface area contributed by atoms with Crippen LogP contribution in [0.2, 0.25) is 0 Å². The molecule has 0 aliphatic carbocycles. The number of hydrogen-bond donors (Lipinski definition) is 1. The molecule has 96 valence electrons. The summed E-state index contributed by atoms with van der Waals surface area (Å²) in [7, 11) is 3.82. The summed E-state index contributed by atoms with van der Waals surface area (Å²) in [6, 6.07) is 11.3. The van der Waals surface area contributed by atoms with E-state index in [4.69, 9.17) is 4.74 Å². The van der Waals surface area contributed by atoms with Crippen LogP contribution in [0.4, 0.5) is 0 Å². The Kier molecular flexibility index (Phi) is 6.90. The minimum Gasteiger partial charge on any atom is -0.385 e. The molecule has 1 rings (SSSR count). The van der Waals surface area contributed by atoms with Crippen LogP contribution in [0.25, 0.3) is 0 Å². The molecule has 0 spiro atoms. The standard InChI is InChI=1S/C15H25NO/c1-13(11-12-17-3)15(16-2)10-9-14-7-5-4-6-8-14/h4-8,13,15-16H,9-12H2,1-3H3. The third-order valence-electron chi connectivity index (χ3n) is 3.42. The van der Waals surface area contributed by atoms with Crippen molar-refractivity contribution < 1.29 is 4.74 Å². The van der Waals surface area contributed by atoms with Gasteiger partial charge in [0.25, 0.3) is 0 Å². The predicted octanol–water partition coefficient (Wildman–Crippen LogP) is 2.88. The lowest BCUT2D eigenvalue weighted by atomic mass is 9.93. The Labute approximate surface area is 105 Å². The summed E-state index contributed by atoms with van der Waals surface area (Å²) in [6.07, 6.45) is 3.45. The van der Waals surface area contributed by atoms with Crippen LogP contribution in [0.3, 0.4) is 0 Å². The van der Waals surface area contributed by atoms with Crippen LogP contribution < -0.4 is 5.32 Å². The summed E-state index contributed by atoms with van der Waals surface area (Å²) in [5.41, 5.74) is 1.42. The zero-order chi connectivity index (χ0) is 12.5. The van der Waals surface area contributed by atoms with Crippen molar-refractivity contribution in [3.63, 3.8) is 0 Å². The van der Waals surface area contributed by atoms with Crippen LogP contribution in [0.15, 0.2) is 30.3 Å². The van der Waals surface area contributed by atoms with Crippen molar-refractivity contribution in [2.24, 2.45) is 5.92 Å². The van der Waals surface area contributed by atoms with Gasteiger partial charge in [-0.25, -0.2) is 0 Å². The van der Waals surface area contributed by atoms with E-state index in [0.717, 1.165) is 19.4 Å². The Morgan fingerprint density at radius 2 is 1.88 bits per heavy atom. The van der Waals surface area contributed by atoms with Crippen LogP contribution in [0.1, 0.15) is 25.3 Å². The maximum atomic E-state index is 5.14. The number of ether oxygens (including phenoxy) is 1. The topological polar surface area (TPSA) is 21.3 Å². The Hall–Kier alpha value is -0.860. The van der Waals surface area contributed by atoms with E-state index >= 15 is 0 Å². The summed E-state index contributed by atoms with van der Waals surface area (Å²) < 4.78 is 5.14. The van der Waals surface area contributed by atoms with E-state index in [1.165, 1.54) is 12.0 Å². The van der Waals surface area contributed by atoms with Crippen LogP contribution in [-0.2, 0) is 11.2 Å². The maximum absolute atomic E-state index is 5.14. The molecule has 0 saturated heterocycles. The molecule has 0 radical (unpaired) electrons. The first-order valence-electron chi connectivity index (χ1n) is 6.48. The van der Waals surface area contributed by atoms with Crippen molar-refractivity contribution in [1.82, 2.24) is 5.32 Å². The normalized spacial score (nSPS) is 14.5. The first-order chi connectivity index (χ1) is 8.27. The molecule has 0 saturated carbocycles. The van der Waals surface area contributed by atoms with Gasteiger partial charge in [0.15, 0.2) is 0 Å². The number of methoxy groups -OCH3 is 1. The SMILES string of the molecule is CNC(CCc1ccccc1)C(C)CCOC. The van der Waals surface area contributed by atoms with E-state index in [9.17, 15) is 0 Å². The third kappa shape index (κ3) is 5.33. The first-order valence-corrected chi connectivity index (χ1v) is 6.48. The average molecular weight is 235 g/mol. The molecule has 2 unspecified atom stereocenters. The van der Waals surface area contributed by atoms with Gasteiger partial charge in [-0.3, -0.25) is 0 Å². The van der Waals surface area contributed by atoms with Crippen molar-refractivity contribution >= 4 is 0 Å². The van der Waals surface area contributed by atoms with Gasteiger partial charge in [0.2, 0.25) is 0 Å². The van der Waals surface area contributed by atoms with Crippen LogP contribution in [-0.4, -0.2) is 26.8 Å². The smallest absolute Gasteiger partial charge is 0.0465 e. The largest absolute Gasteiger partial charge is 0.385 e. The summed E-state index contributed by atoms with van der Waals surface area (Å²) in [5.74, 6) is 0.656. The van der Waals surface area contributed by atoms with Crippen molar-refractivity contribution in [2.45, 2.75) is 32.2 Å². The molecule has 0 aliphatic heterocycles. The zero-order valence-electron chi connectivity index (χ0n) is 11.3. The molecule has 1 aromatic carbocycles. The van der Waals surface area contributed by atoms with Crippen molar-refractivity contribution in [3.05, 3.63) is 35.9 Å². The number of benzene rings is 1. The lowest BCUT2D eigenvalue weighted by Crippen LogP contribution is -2.33. The van der Waals surface area contributed by atoms with Gasteiger partial charge in [0.1, 0.15) is 0 Å². The highest BCUT2D eigenvalue weighted by atomic mass is 16.5. The Morgan fingerprint density at radius 3 is 2.47 bits per heavy atom. The molecular formula is C15H25NO. The molecule has 0 aliphatic rings. The van der Waals surface area contributed by atoms with E-state index in [0.29, 0.717) is 12.0 Å². The Bertz CT molecular complexity index is 286. The first kappa shape index (κ1) is 14.2. The van der Waals surface area contributed by atoms with Gasteiger partial charge in [-0.1, -0.05) is 37.3 Å². The fraction of sp³-hybridized carbons (Fsp3) is 0.600. The van der Waals surface area contributed by atoms with Crippen molar-refractivity contribution in [3.8, 4) is 0 Å². The average Bonchev–Trinajstić information content (AvgIpc) is 2.38. The molecule has 0 bridgehead atoms. The lowest BCUT2D eigenvalue weighted by molar-refractivity contribution is 0.170. The second-order valence-corrected chi connectivity index (χ2v) is 4.68. The summed E-state index contributed by atoms with van der Waals surface area (Å²) in [5, 5.41) is 3.43. The molecule has 2 heteroatoms. The van der Waals surface area contributed by atoms with E-state index in [-0.39, 0.29) is 0 Å². The minimum absolute atomic E-state index is 0.574. The fourth-order valence-electron chi connectivity index (χ4n) is 2.19. The lowest BCUT2D eigenvalue weighted by Gasteiger charge is -2.23. The second-order valence-electron chi connectivity index (χ2n) is 4.68. The molecule has 0 aromatic heterocycles. The highest BCUT2D eigenvalue weighted by Gasteiger charge is 2.14. The number of rotatable bonds is 8. The maximum Gasteiger partial charge on any atom is 0.0465 e. The summed E-state index contributed by atoms with van der Waals surface area (Å²) in [6.45, 7) is 3.15. The molecule has 2 nitrogen and oxygen atoms in total. The quantitative estimate of drug-likeness (QED) is 0.748. The molecule has 2 atom stereocenters. The van der Waals surface area contributed by atoms with E-state index in [1.807, 2.05) is 0 Å². The van der Waals surface area contributed by atoms with Crippen LogP contribution in [0.5, 0.6) is 0 Å². The monoisotopic (exact) mass is 235 g/mol. The number of aryl methyl sites for hydroxylation is 1. The molecular weight excluding hydrogens is 210 g/mol. The van der Waals surface area contributed by atoms with Crippen molar-refractivity contribution in [2.75, 3.05) is 20.8 Å². The van der Waals surface area contributed by atoms with E-state index in [2.05, 4.69) is 49.6 Å². The number of hydrogen-bond acceptors (Lipinski definition) is 2. The van der Waals surface area contributed by atoms with Gasteiger partial charge in [-0.15, -0.1) is 0 Å². The van der Waals surface area contributed by atoms with E-state index < -0.39 is 0 Å². The van der Waals surface area contributed by atoms with E-state index in [1.54, 1.807) is 7.11 Å². The molecule has 0 amide bonds. The van der Waals surface area contributed by atoms with Gasteiger partial charge in [0.05, 0.1) is 0 Å². The summed E-state index contributed by atoms with van der Waals surface area (Å²) >= 11 is 0. The number of nitrogens with one attached hydrogen (secondary N) is 1. The minimum atomic E-state index is 0.574. The van der Waals surface area contributed by atoms with Gasteiger partial charge >= 0.3 is 0 Å².